The maximum atomic E-state index is 14.5. The number of aromatic nitrogens is 7. The van der Waals surface area contributed by atoms with Crippen LogP contribution in [0.15, 0.2) is 34.3 Å². The summed E-state index contributed by atoms with van der Waals surface area (Å²) in [5, 5.41) is 3.00. The summed E-state index contributed by atoms with van der Waals surface area (Å²) in [4.78, 5) is 40.6. The monoisotopic (exact) mass is 566 g/mol. The van der Waals surface area contributed by atoms with Crippen LogP contribution in [0.4, 0.5) is 10.2 Å². The van der Waals surface area contributed by atoms with Crippen LogP contribution in [-0.4, -0.2) is 48.6 Å². The predicted octanol–water partition coefficient (Wildman–Crippen LogP) is 4.07. The van der Waals surface area contributed by atoms with Gasteiger partial charge in [-0.15, -0.1) is 0 Å². The molecule has 0 aromatic carbocycles. The number of hydrogen-bond acceptors (Lipinski definition) is 10. The SMILES string of the molecule is CC[C@@H](C)n1c(=O)c(NCc2ccc(S(=O)(=O)CC)cn2)nc2c(CF)nc(-c3c(C)ncnc3C3CC3)nc21. The zero-order valence-electron chi connectivity index (χ0n) is 22.8. The maximum absolute atomic E-state index is 14.5. The third-order valence-electron chi connectivity index (χ3n) is 7.20. The lowest BCUT2D eigenvalue weighted by Gasteiger charge is -2.19. The van der Waals surface area contributed by atoms with Gasteiger partial charge in [-0.1, -0.05) is 13.8 Å². The van der Waals surface area contributed by atoms with Gasteiger partial charge in [-0.2, -0.15) is 0 Å². The molecule has 1 saturated carbocycles. The van der Waals surface area contributed by atoms with E-state index in [1.807, 2.05) is 20.8 Å². The summed E-state index contributed by atoms with van der Waals surface area (Å²) in [7, 11) is -3.38. The molecule has 4 aromatic heterocycles. The average Bonchev–Trinajstić information content (AvgIpc) is 3.81. The van der Waals surface area contributed by atoms with Crippen LogP contribution in [0, 0.1) is 6.92 Å². The molecular weight excluding hydrogens is 535 g/mol. The molecule has 4 heterocycles. The van der Waals surface area contributed by atoms with Gasteiger partial charge in [-0.3, -0.25) is 14.3 Å². The number of aryl methyl sites for hydroxylation is 1. The minimum absolute atomic E-state index is 0.00352. The molecule has 4 aromatic rings. The lowest BCUT2D eigenvalue weighted by molar-refractivity contribution is 0.477. The molecule has 1 aliphatic carbocycles. The Hall–Kier alpha value is -3.87. The normalized spacial score (nSPS) is 14.4. The largest absolute Gasteiger partial charge is 0.360 e. The van der Waals surface area contributed by atoms with Gasteiger partial charge in [-0.05, 0) is 45.2 Å². The van der Waals surface area contributed by atoms with Crippen LogP contribution in [0.5, 0.6) is 0 Å². The van der Waals surface area contributed by atoms with Gasteiger partial charge >= 0.3 is 0 Å². The summed E-state index contributed by atoms with van der Waals surface area (Å²) in [5.41, 5.74) is 2.80. The van der Waals surface area contributed by atoms with E-state index < -0.39 is 22.1 Å². The molecule has 0 bridgehead atoms. The number of rotatable bonds is 10. The highest BCUT2D eigenvalue weighted by molar-refractivity contribution is 7.91. The third kappa shape index (κ3) is 5.17. The number of alkyl halides is 1. The molecule has 13 heteroatoms. The molecular formula is C27H31FN8O3S. The van der Waals surface area contributed by atoms with Gasteiger partial charge in [0, 0.05) is 18.2 Å². The molecule has 5 rings (SSSR count). The minimum Gasteiger partial charge on any atom is -0.360 e. The Balaban J connectivity index is 1.60. The van der Waals surface area contributed by atoms with Crippen molar-refractivity contribution in [2.45, 2.75) is 77.0 Å². The fourth-order valence-electron chi connectivity index (χ4n) is 4.53. The molecule has 1 aliphatic rings. The predicted molar refractivity (Wildman–Crippen MR) is 148 cm³/mol. The fourth-order valence-corrected chi connectivity index (χ4v) is 5.35. The van der Waals surface area contributed by atoms with Crippen molar-refractivity contribution in [1.82, 2.24) is 34.5 Å². The number of pyridine rings is 1. The summed E-state index contributed by atoms with van der Waals surface area (Å²) < 4.78 is 40.1. The standard InChI is InChI=1S/C27H31FN8O3S/c1-5-15(3)36-26-23(20(11-28)33-24(35-26)21-16(4)31-14-32-22(21)17-7-8-17)34-25(27(36)37)30-12-18-9-10-19(13-29-18)40(38,39)6-2/h9-10,13-15,17H,5-8,11-12H2,1-4H3,(H,30,34)/t15-/m1/s1. The van der Waals surface area contributed by atoms with Crippen molar-refractivity contribution in [2.24, 2.45) is 0 Å². The zero-order chi connectivity index (χ0) is 28.6. The van der Waals surface area contributed by atoms with Crippen molar-refractivity contribution in [3.8, 4) is 11.4 Å². The van der Waals surface area contributed by atoms with Gasteiger partial charge in [0.2, 0.25) is 0 Å². The lowest BCUT2D eigenvalue weighted by Crippen LogP contribution is -2.29. The first-order valence-electron chi connectivity index (χ1n) is 13.3. The van der Waals surface area contributed by atoms with Crippen molar-refractivity contribution in [3.05, 3.63) is 57.8 Å². The summed E-state index contributed by atoms with van der Waals surface area (Å²) in [6, 6.07) is 2.80. The Bertz CT molecular complexity index is 1740. The van der Waals surface area contributed by atoms with Crippen molar-refractivity contribution in [3.63, 3.8) is 0 Å². The van der Waals surface area contributed by atoms with Crippen LogP contribution in [0.25, 0.3) is 22.6 Å². The number of hydrogen-bond donors (Lipinski definition) is 1. The van der Waals surface area contributed by atoms with E-state index in [-0.39, 0.29) is 57.7 Å². The summed E-state index contributed by atoms with van der Waals surface area (Å²) in [6.45, 7) is 6.45. The highest BCUT2D eigenvalue weighted by Gasteiger charge is 2.31. The van der Waals surface area contributed by atoms with Gasteiger partial charge in [-0.25, -0.2) is 37.7 Å². The number of fused-ring (bicyclic) bond motifs is 1. The molecule has 0 aliphatic heterocycles. The molecule has 0 amide bonds. The van der Waals surface area contributed by atoms with Crippen molar-refractivity contribution < 1.29 is 12.8 Å². The second-order valence-electron chi connectivity index (χ2n) is 9.93. The molecule has 11 nitrogen and oxygen atoms in total. The number of nitrogens with one attached hydrogen (secondary N) is 1. The quantitative estimate of drug-likeness (QED) is 0.298. The molecule has 1 atom stereocenters. The van der Waals surface area contributed by atoms with Gasteiger partial charge < -0.3 is 5.32 Å². The first-order valence-corrected chi connectivity index (χ1v) is 15.0. The molecule has 1 N–H and O–H groups in total. The average molecular weight is 567 g/mol. The van der Waals surface area contributed by atoms with E-state index in [9.17, 15) is 17.6 Å². The highest BCUT2D eigenvalue weighted by Crippen LogP contribution is 2.43. The van der Waals surface area contributed by atoms with Crippen molar-refractivity contribution >= 4 is 26.8 Å². The summed E-state index contributed by atoms with van der Waals surface area (Å²) >= 11 is 0. The van der Waals surface area contributed by atoms with E-state index in [2.05, 4.69) is 30.2 Å². The zero-order valence-corrected chi connectivity index (χ0v) is 23.7. The van der Waals surface area contributed by atoms with Crippen LogP contribution >= 0.6 is 0 Å². The van der Waals surface area contributed by atoms with Gasteiger partial charge in [0.25, 0.3) is 5.56 Å². The maximum Gasteiger partial charge on any atom is 0.295 e. The van der Waals surface area contributed by atoms with E-state index in [4.69, 9.17) is 4.98 Å². The highest BCUT2D eigenvalue weighted by atomic mass is 32.2. The van der Waals surface area contributed by atoms with Crippen LogP contribution in [0.3, 0.4) is 0 Å². The molecule has 0 unspecified atom stereocenters. The summed E-state index contributed by atoms with van der Waals surface area (Å²) in [6.07, 6.45) is 5.45. The molecule has 0 radical (unpaired) electrons. The molecule has 210 valence electrons. The number of nitrogens with zero attached hydrogens (tertiary/aromatic N) is 7. The molecule has 40 heavy (non-hydrogen) atoms. The van der Waals surface area contributed by atoms with Crippen LogP contribution in [-0.2, 0) is 23.1 Å². The fraction of sp³-hybridized carbons (Fsp3) is 0.444. The lowest BCUT2D eigenvalue weighted by atomic mass is 10.1. The van der Waals surface area contributed by atoms with E-state index in [0.29, 0.717) is 23.4 Å². The van der Waals surface area contributed by atoms with Gasteiger partial charge in [0.15, 0.2) is 27.1 Å². The van der Waals surface area contributed by atoms with Gasteiger partial charge in [0.05, 0.1) is 39.8 Å². The van der Waals surface area contributed by atoms with Gasteiger partial charge in [0.1, 0.15) is 24.2 Å². The van der Waals surface area contributed by atoms with Crippen LogP contribution in [0.1, 0.15) is 74.8 Å². The second-order valence-corrected chi connectivity index (χ2v) is 12.2. The molecule has 0 spiro atoms. The Morgan fingerprint density at radius 1 is 1.12 bits per heavy atom. The Kier molecular flexibility index (Phi) is 7.58. The second kappa shape index (κ2) is 11.0. The summed E-state index contributed by atoms with van der Waals surface area (Å²) in [5.74, 6) is 0.548. The van der Waals surface area contributed by atoms with Crippen LogP contribution < -0.4 is 10.9 Å². The number of sulfone groups is 1. The first kappa shape index (κ1) is 27.7. The van der Waals surface area contributed by atoms with Crippen LogP contribution in [0.2, 0.25) is 0 Å². The van der Waals surface area contributed by atoms with E-state index in [1.165, 1.54) is 23.2 Å². The number of halogens is 1. The van der Waals surface area contributed by atoms with E-state index in [1.54, 1.807) is 13.0 Å². The minimum atomic E-state index is -3.38. The van der Waals surface area contributed by atoms with Crippen molar-refractivity contribution in [1.29, 1.82) is 0 Å². The number of anilines is 1. The Morgan fingerprint density at radius 3 is 2.52 bits per heavy atom. The van der Waals surface area contributed by atoms with Crippen molar-refractivity contribution in [2.75, 3.05) is 11.1 Å². The topological polar surface area (TPSA) is 146 Å². The third-order valence-corrected chi connectivity index (χ3v) is 8.92. The Labute approximate surface area is 231 Å². The van der Waals surface area contributed by atoms with E-state index >= 15 is 0 Å². The van der Waals surface area contributed by atoms with E-state index in [0.717, 1.165) is 18.5 Å². The molecule has 1 fully saturated rings. The smallest absolute Gasteiger partial charge is 0.295 e. The first-order chi connectivity index (χ1) is 19.2. The molecule has 0 saturated heterocycles. The Morgan fingerprint density at radius 2 is 1.90 bits per heavy atom.